The van der Waals surface area contributed by atoms with E-state index >= 15 is 0 Å². The van der Waals surface area contributed by atoms with Crippen LogP contribution in [0.25, 0.3) is 0 Å². The number of hydrogen-bond donors (Lipinski definition) is 1. The summed E-state index contributed by atoms with van der Waals surface area (Å²) in [6.45, 7) is 5.49. The average Bonchev–Trinajstić information content (AvgIpc) is 2.83. The van der Waals surface area contributed by atoms with E-state index in [0.717, 1.165) is 48.9 Å². The van der Waals surface area contributed by atoms with Crippen LogP contribution in [0.15, 0.2) is 30.6 Å². The minimum Gasteiger partial charge on any atom is -0.476 e. The van der Waals surface area contributed by atoms with Crippen molar-refractivity contribution in [3.8, 4) is 0 Å². The van der Waals surface area contributed by atoms with Gasteiger partial charge in [0.25, 0.3) is 0 Å². The zero-order valence-electron chi connectivity index (χ0n) is 13.4. The van der Waals surface area contributed by atoms with Crippen LogP contribution in [0.5, 0.6) is 0 Å². The number of carbonyl (C=O) groups is 1. The molecule has 0 spiro atoms. The third kappa shape index (κ3) is 3.43. The molecular weight excluding hydrogens is 328 g/mol. The van der Waals surface area contributed by atoms with Gasteiger partial charge in [0.05, 0.1) is 12.4 Å². The van der Waals surface area contributed by atoms with Crippen molar-refractivity contribution in [2.45, 2.75) is 13.3 Å². The lowest BCUT2D eigenvalue weighted by molar-refractivity contribution is 0.0690. The fourth-order valence-electron chi connectivity index (χ4n) is 2.92. The van der Waals surface area contributed by atoms with Crippen LogP contribution >= 0.6 is 11.6 Å². The minimum absolute atomic E-state index is 0.0373. The maximum atomic E-state index is 10.9. The van der Waals surface area contributed by atoms with E-state index in [0.29, 0.717) is 5.82 Å². The Bertz CT molecular complexity index is 736. The van der Waals surface area contributed by atoms with E-state index < -0.39 is 5.97 Å². The van der Waals surface area contributed by atoms with Gasteiger partial charge in [-0.25, -0.2) is 14.8 Å². The summed E-state index contributed by atoms with van der Waals surface area (Å²) >= 11 is 6.24. The summed E-state index contributed by atoms with van der Waals surface area (Å²) in [7, 11) is 0. The molecule has 0 bridgehead atoms. The van der Waals surface area contributed by atoms with Gasteiger partial charge in [0.1, 0.15) is 5.82 Å². The molecule has 1 fully saturated rings. The molecule has 126 valence electrons. The Hall–Kier alpha value is -2.34. The number of benzene rings is 1. The van der Waals surface area contributed by atoms with Gasteiger partial charge < -0.3 is 14.9 Å². The SMILES string of the molecule is Cc1c(Cl)cccc1N1CCCN(c2cnc(C(=O)O)cn2)CC1. The van der Waals surface area contributed by atoms with Crippen molar-refractivity contribution in [2.24, 2.45) is 0 Å². The van der Waals surface area contributed by atoms with Gasteiger partial charge in [-0.2, -0.15) is 0 Å². The fraction of sp³-hybridized carbons (Fsp3) is 0.353. The lowest BCUT2D eigenvalue weighted by atomic mass is 10.1. The molecule has 6 nitrogen and oxygen atoms in total. The van der Waals surface area contributed by atoms with Crippen LogP contribution in [0.3, 0.4) is 0 Å². The van der Waals surface area contributed by atoms with E-state index in [4.69, 9.17) is 16.7 Å². The second kappa shape index (κ2) is 7.05. The summed E-state index contributed by atoms with van der Waals surface area (Å²) in [6, 6.07) is 5.98. The average molecular weight is 347 g/mol. The molecule has 1 aromatic heterocycles. The third-order valence-electron chi connectivity index (χ3n) is 4.26. The first kappa shape index (κ1) is 16.5. The quantitative estimate of drug-likeness (QED) is 0.921. The van der Waals surface area contributed by atoms with Crippen molar-refractivity contribution in [1.82, 2.24) is 9.97 Å². The molecule has 24 heavy (non-hydrogen) atoms. The molecule has 3 rings (SSSR count). The lowest BCUT2D eigenvalue weighted by Crippen LogP contribution is -2.31. The molecule has 1 saturated heterocycles. The highest BCUT2D eigenvalue weighted by atomic mass is 35.5. The Kier molecular flexibility index (Phi) is 4.85. The molecular formula is C17H19ClN4O2. The Balaban J connectivity index is 1.73. The van der Waals surface area contributed by atoms with Crippen molar-refractivity contribution < 1.29 is 9.90 Å². The molecule has 0 unspecified atom stereocenters. The molecule has 1 N–H and O–H groups in total. The van der Waals surface area contributed by atoms with Crippen molar-refractivity contribution >= 4 is 29.1 Å². The minimum atomic E-state index is -1.06. The van der Waals surface area contributed by atoms with Crippen LogP contribution in [-0.4, -0.2) is 47.2 Å². The highest BCUT2D eigenvalue weighted by Crippen LogP contribution is 2.27. The normalized spacial score (nSPS) is 15.2. The van der Waals surface area contributed by atoms with Crippen LogP contribution in [-0.2, 0) is 0 Å². The van der Waals surface area contributed by atoms with Gasteiger partial charge in [0.15, 0.2) is 5.69 Å². The predicted octanol–water partition coefficient (Wildman–Crippen LogP) is 2.85. The number of carboxylic acid groups (broad SMARTS) is 1. The van der Waals surface area contributed by atoms with E-state index in [2.05, 4.69) is 25.8 Å². The largest absolute Gasteiger partial charge is 0.476 e. The Labute approximate surface area is 145 Å². The molecule has 0 amide bonds. The van der Waals surface area contributed by atoms with Gasteiger partial charge in [-0.3, -0.25) is 0 Å². The number of halogens is 1. The molecule has 1 aromatic carbocycles. The number of rotatable bonds is 3. The smallest absolute Gasteiger partial charge is 0.356 e. The topological polar surface area (TPSA) is 69.6 Å². The number of aromatic carboxylic acids is 1. The number of aromatic nitrogens is 2. The zero-order chi connectivity index (χ0) is 17.1. The monoisotopic (exact) mass is 346 g/mol. The Morgan fingerprint density at radius 3 is 2.58 bits per heavy atom. The fourth-order valence-corrected chi connectivity index (χ4v) is 3.09. The summed E-state index contributed by atoms with van der Waals surface area (Å²) < 4.78 is 0. The predicted molar refractivity (Wildman–Crippen MR) is 94.2 cm³/mol. The van der Waals surface area contributed by atoms with E-state index in [1.54, 1.807) is 0 Å². The van der Waals surface area contributed by atoms with Gasteiger partial charge in [-0.15, -0.1) is 0 Å². The summed E-state index contributed by atoms with van der Waals surface area (Å²) in [6.07, 6.45) is 3.82. The summed E-state index contributed by atoms with van der Waals surface area (Å²) in [5, 5.41) is 9.69. The number of carboxylic acids is 1. The molecule has 1 aliphatic rings. The molecule has 2 aromatic rings. The third-order valence-corrected chi connectivity index (χ3v) is 4.67. The molecule has 0 radical (unpaired) electrons. The van der Waals surface area contributed by atoms with Crippen molar-refractivity contribution in [3.05, 3.63) is 46.9 Å². The van der Waals surface area contributed by atoms with Crippen molar-refractivity contribution in [1.29, 1.82) is 0 Å². The first-order valence-corrected chi connectivity index (χ1v) is 8.24. The van der Waals surface area contributed by atoms with Crippen molar-refractivity contribution in [2.75, 3.05) is 36.0 Å². The van der Waals surface area contributed by atoms with Crippen LogP contribution in [0.1, 0.15) is 22.5 Å². The standard InChI is InChI=1S/C17H19ClN4O2/c1-12-13(18)4-2-5-15(12)21-6-3-7-22(9-8-21)16-11-19-14(10-20-16)17(23)24/h2,4-5,10-11H,3,6-9H2,1H3,(H,23,24). The molecule has 0 aliphatic carbocycles. The maximum absolute atomic E-state index is 10.9. The van der Waals surface area contributed by atoms with Crippen LogP contribution in [0.4, 0.5) is 11.5 Å². The van der Waals surface area contributed by atoms with E-state index in [-0.39, 0.29) is 5.69 Å². The van der Waals surface area contributed by atoms with Gasteiger partial charge in [-0.05, 0) is 31.0 Å². The van der Waals surface area contributed by atoms with E-state index in [1.165, 1.54) is 12.4 Å². The summed E-state index contributed by atoms with van der Waals surface area (Å²) in [5.41, 5.74) is 2.22. The zero-order valence-corrected chi connectivity index (χ0v) is 14.2. The van der Waals surface area contributed by atoms with Crippen LogP contribution in [0.2, 0.25) is 5.02 Å². The first-order chi connectivity index (χ1) is 11.6. The lowest BCUT2D eigenvalue weighted by Gasteiger charge is -2.25. The summed E-state index contributed by atoms with van der Waals surface area (Å²) in [4.78, 5) is 23.5. The number of hydrogen-bond acceptors (Lipinski definition) is 5. The molecule has 0 saturated carbocycles. The molecule has 2 heterocycles. The van der Waals surface area contributed by atoms with E-state index in [9.17, 15) is 4.79 Å². The molecule has 0 atom stereocenters. The van der Waals surface area contributed by atoms with E-state index in [1.807, 2.05) is 19.1 Å². The van der Waals surface area contributed by atoms with Crippen molar-refractivity contribution in [3.63, 3.8) is 0 Å². The second-order valence-corrected chi connectivity index (χ2v) is 6.18. The Morgan fingerprint density at radius 2 is 1.88 bits per heavy atom. The second-order valence-electron chi connectivity index (χ2n) is 5.78. The first-order valence-electron chi connectivity index (χ1n) is 7.86. The van der Waals surface area contributed by atoms with Gasteiger partial charge in [0.2, 0.25) is 0 Å². The Morgan fingerprint density at radius 1 is 1.12 bits per heavy atom. The van der Waals surface area contributed by atoms with Gasteiger partial charge in [0, 0.05) is 36.9 Å². The molecule has 1 aliphatic heterocycles. The number of nitrogens with zero attached hydrogens (tertiary/aromatic N) is 4. The molecule has 7 heteroatoms. The van der Waals surface area contributed by atoms with Crippen LogP contribution < -0.4 is 9.80 Å². The van der Waals surface area contributed by atoms with Gasteiger partial charge >= 0.3 is 5.97 Å². The summed E-state index contributed by atoms with van der Waals surface area (Å²) in [5.74, 6) is -0.350. The maximum Gasteiger partial charge on any atom is 0.356 e. The highest BCUT2D eigenvalue weighted by Gasteiger charge is 2.18. The van der Waals surface area contributed by atoms with Gasteiger partial charge in [-0.1, -0.05) is 17.7 Å². The number of anilines is 2. The highest BCUT2D eigenvalue weighted by molar-refractivity contribution is 6.31. The van der Waals surface area contributed by atoms with Crippen LogP contribution in [0, 0.1) is 6.92 Å².